The molecule has 3 aromatic rings. The van der Waals surface area contributed by atoms with Crippen molar-refractivity contribution in [2.75, 3.05) is 12.4 Å². The quantitative estimate of drug-likeness (QED) is 0.733. The van der Waals surface area contributed by atoms with E-state index in [4.69, 9.17) is 4.74 Å². The molecule has 0 aliphatic carbocycles. The fraction of sp³-hybridized carbons (Fsp3) is 0.238. The van der Waals surface area contributed by atoms with Crippen LogP contribution >= 0.6 is 0 Å². The molecular formula is C21H23N3O2. The van der Waals surface area contributed by atoms with E-state index in [0.717, 1.165) is 28.3 Å². The van der Waals surface area contributed by atoms with Gasteiger partial charge in [0, 0.05) is 30.4 Å². The third kappa shape index (κ3) is 4.00. The molecule has 1 N–H and O–H groups in total. The number of rotatable bonds is 6. The van der Waals surface area contributed by atoms with Crippen LogP contribution in [0.15, 0.2) is 54.7 Å². The molecule has 5 nitrogen and oxygen atoms in total. The molecule has 2 aromatic heterocycles. The van der Waals surface area contributed by atoms with E-state index in [9.17, 15) is 4.79 Å². The van der Waals surface area contributed by atoms with Crippen molar-refractivity contribution in [3.05, 3.63) is 82.9 Å². The Bertz CT molecular complexity index is 901. The summed E-state index contributed by atoms with van der Waals surface area (Å²) in [6.45, 7) is 5.13. The van der Waals surface area contributed by atoms with Crippen LogP contribution in [0.2, 0.25) is 0 Å². The lowest BCUT2D eigenvalue weighted by Gasteiger charge is -2.10. The van der Waals surface area contributed by atoms with Crippen LogP contribution in [0.5, 0.6) is 0 Å². The summed E-state index contributed by atoms with van der Waals surface area (Å²) in [6.07, 6.45) is 1.78. The SMILES string of the molecule is COCc1cccc(NC(=O)c2cc(C)n(Cc3ccccn3)c2C)c1. The standard InChI is InChI=1S/C21H23N3O2/c1-15-11-20(16(2)24(15)13-19-8-4-5-10-22-19)21(25)23-18-9-6-7-17(12-18)14-26-3/h4-12H,13-14H2,1-3H3,(H,23,25). The number of hydrogen-bond acceptors (Lipinski definition) is 3. The third-order valence-corrected chi connectivity index (χ3v) is 4.36. The minimum absolute atomic E-state index is 0.111. The molecule has 3 rings (SSSR count). The van der Waals surface area contributed by atoms with E-state index in [1.165, 1.54) is 0 Å². The van der Waals surface area contributed by atoms with Crippen molar-refractivity contribution in [2.24, 2.45) is 0 Å². The Balaban J connectivity index is 1.80. The fourth-order valence-electron chi connectivity index (χ4n) is 3.03. The van der Waals surface area contributed by atoms with Gasteiger partial charge in [-0.3, -0.25) is 9.78 Å². The Kier molecular flexibility index (Phi) is 5.49. The molecule has 1 aromatic carbocycles. The van der Waals surface area contributed by atoms with E-state index < -0.39 is 0 Å². The Morgan fingerprint density at radius 3 is 2.73 bits per heavy atom. The normalized spacial score (nSPS) is 10.7. The maximum absolute atomic E-state index is 12.8. The average molecular weight is 349 g/mol. The topological polar surface area (TPSA) is 56.1 Å². The Morgan fingerprint density at radius 2 is 2.00 bits per heavy atom. The number of methoxy groups -OCH3 is 1. The van der Waals surface area contributed by atoms with E-state index in [1.54, 1.807) is 13.3 Å². The van der Waals surface area contributed by atoms with E-state index in [0.29, 0.717) is 18.7 Å². The number of benzene rings is 1. The van der Waals surface area contributed by atoms with E-state index >= 15 is 0 Å². The molecular weight excluding hydrogens is 326 g/mol. The van der Waals surface area contributed by atoms with Crippen molar-refractivity contribution in [3.63, 3.8) is 0 Å². The van der Waals surface area contributed by atoms with Crippen molar-refractivity contribution in [2.45, 2.75) is 27.0 Å². The summed E-state index contributed by atoms with van der Waals surface area (Å²) in [4.78, 5) is 17.1. The largest absolute Gasteiger partial charge is 0.380 e. The summed E-state index contributed by atoms with van der Waals surface area (Å²) in [5.41, 5.74) is 5.39. The van der Waals surface area contributed by atoms with Gasteiger partial charge in [0.1, 0.15) is 0 Å². The van der Waals surface area contributed by atoms with E-state index in [1.807, 2.05) is 62.4 Å². The van der Waals surface area contributed by atoms with Crippen molar-refractivity contribution >= 4 is 11.6 Å². The number of aryl methyl sites for hydroxylation is 1. The van der Waals surface area contributed by atoms with Gasteiger partial charge < -0.3 is 14.6 Å². The van der Waals surface area contributed by atoms with Crippen LogP contribution in [-0.4, -0.2) is 22.6 Å². The summed E-state index contributed by atoms with van der Waals surface area (Å²) in [5.74, 6) is -0.111. The molecule has 0 saturated heterocycles. The summed E-state index contributed by atoms with van der Waals surface area (Å²) < 4.78 is 7.26. The van der Waals surface area contributed by atoms with Crippen LogP contribution in [0.3, 0.4) is 0 Å². The van der Waals surface area contributed by atoms with Gasteiger partial charge in [-0.05, 0) is 49.7 Å². The monoisotopic (exact) mass is 349 g/mol. The second kappa shape index (κ2) is 7.97. The molecule has 0 fully saturated rings. The van der Waals surface area contributed by atoms with Gasteiger partial charge in [-0.2, -0.15) is 0 Å². The Labute approximate surface area is 153 Å². The molecule has 0 spiro atoms. The van der Waals surface area contributed by atoms with E-state index in [-0.39, 0.29) is 5.91 Å². The lowest BCUT2D eigenvalue weighted by Crippen LogP contribution is -2.14. The van der Waals surface area contributed by atoms with Gasteiger partial charge in [-0.25, -0.2) is 0 Å². The second-order valence-electron chi connectivity index (χ2n) is 6.28. The molecule has 0 bridgehead atoms. The van der Waals surface area contributed by atoms with Gasteiger partial charge >= 0.3 is 0 Å². The van der Waals surface area contributed by atoms with Crippen molar-refractivity contribution < 1.29 is 9.53 Å². The van der Waals surface area contributed by atoms with Gasteiger partial charge in [-0.15, -0.1) is 0 Å². The molecule has 0 atom stereocenters. The zero-order valence-corrected chi connectivity index (χ0v) is 15.3. The first kappa shape index (κ1) is 17.9. The molecule has 0 saturated carbocycles. The summed E-state index contributed by atoms with van der Waals surface area (Å²) in [6, 6.07) is 15.5. The highest BCUT2D eigenvalue weighted by molar-refractivity contribution is 6.05. The maximum atomic E-state index is 12.8. The summed E-state index contributed by atoms with van der Waals surface area (Å²) in [7, 11) is 1.65. The Hall–Kier alpha value is -2.92. The van der Waals surface area contributed by atoms with Gasteiger partial charge in [0.15, 0.2) is 0 Å². The smallest absolute Gasteiger partial charge is 0.257 e. The lowest BCUT2D eigenvalue weighted by molar-refractivity contribution is 0.102. The molecule has 0 unspecified atom stereocenters. The van der Waals surface area contributed by atoms with Crippen molar-refractivity contribution in [1.29, 1.82) is 0 Å². The average Bonchev–Trinajstić information content (AvgIpc) is 2.91. The maximum Gasteiger partial charge on any atom is 0.257 e. The number of ether oxygens (including phenoxy) is 1. The lowest BCUT2D eigenvalue weighted by atomic mass is 10.2. The fourth-order valence-corrected chi connectivity index (χ4v) is 3.03. The van der Waals surface area contributed by atoms with Gasteiger partial charge in [0.2, 0.25) is 0 Å². The first-order valence-corrected chi connectivity index (χ1v) is 8.54. The number of nitrogens with zero attached hydrogens (tertiary/aromatic N) is 2. The first-order valence-electron chi connectivity index (χ1n) is 8.54. The van der Waals surface area contributed by atoms with Crippen LogP contribution in [-0.2, 0) is 17.9 Å². The first-order chi connectivity index (χ1) is 12.6. The van der Waals surface area contributed by atoms with Crippen LogP contribution in [0.4, 0.5) is 5.69 Å². The minimum Gasteiger partial charge on any atom is -0.380 e. The van der Waals surface area contributed by atoms with Gasteiger partial charge in [0.05, 0.1) is 24.4 Å². The van der Waals surface area contributed by atoms with Crippen LogP contribution in [0, 0.1) is 13.8 Å². The summed E-state index contributed by atoms with van der Waals surface area (Å²) >= 11 is 0. The highest BCUT2D eigenvalue weighted by Crippen LogP contribution is 2.19. The number of amides is 1. The molecule has 0 aliphatic rings. The molecule has 134 valence electrons. The summed E-state index contributed by atoms with van der Waals surface area (Å²) in [5, 5.41) is 2.98. The predicted molar refractivity (Wildman–Crippen MR) is 102 cm³/mol. The molecule has 5 heteroatoms. The number of anilines is 1. The molecule has 0 radical (unpaired) electrons. The number of carbonyl (C=O) groups is 1. The number of nitrogens with one attached hydrogen (secondary N) is 1. The number of pyridine rings is 1. The zero-order chi connectivity index (χ0) is 18.5. The zero-order valence-electron chi connectivity index (χ0n) is 15.3. The predicted octanol–water partition coefficient (Wildman–Crippen LogP) is 3.95. The highest BCUT2D eigenvalue weighted by Gasteiger charge is 2.16. The third-order valence-electron chi connectivity index (χ3n) is 4.36. The molecule has 0 aliphatic heterocycles. The van der Waals surface area contributed by atoms with E-state index in [2.05, 4.69) is 14.9 Å². The molecule has 2 heterocycles. The highest BCUT2D eigenvalue weighted by atomic mass is 16.5. The van der Waals surface area contributed by atoms with Crippen molar-refractivity contribution in [1.82, 2.24) is 9.55 Å². The van der Waals surface area contributed by atoms with Crippen LogP contribution in [0.25, 0.3) is 0 Å². The van der Waals surface area contributed by atoms with Gasteiger partial charge in [-0.1, -0.05) is 18.2 Å². The van der Waals surface area contributed by atoms with Gasteiger partial charge in [0.25, 0.3) is 5.91 Å². The molecule has 1 amide bonds. The van der Waals surface area contributed by atoms with Crippen LogP contribution in [0.1, 0.15) is 33.0 Å². The number of carbonyl (C=O) groups excluding carboxylic acids is 1. The minimum atomic E-state index is -0.111. The number of hydrogen-bond donors (Lipinski definition) is 1. The van der Waals surface area contributed by atoms with Crippen molar-refractivity contribution in [3.8, 4) is 0 Å². The van der Waals surface area contributed by atoms with Crippen LogP contribution < -0.4 is 5.32 Å². The Morgan fingerprint density at radius 1 is 1.15 bits per heavy atom. The molecule has 26 heavy (non-hydrogen) atoms. The number of aromatic nitrogens is 2. The second-order valence-corrected chi connectivity index (χ2v) is 6.28.